The fraction of sp³-hybridized carbons (Fsp3) is 0.667. The number of hydrogen-bond donors (Lipinski definition) is 0. The molecule has 0 fully saturated rings. The Bertz CT molecular complexity index is 352. The Hall–Kier alpha value is 0.0800. The number of carbonyl (C=O) groups excluding carboxylic acids is 1. The Morgan fingerprint density at radius 3 is 2.35 bits per heavy atom. The summed E-state index contributed by atoms with van der Waals surface area (Å²) in [6, 6.07) is 0. The van der Waals surface area contributed by atoms with Crippen molar-refractivity contribution in [1.82, 2.24) is 0 Å². The normalized spacial score (nSPS) is 14.3. The van der Waals surface area contributed by atoms with E-state index in [9.17, 15) is 17.8 Å². The minimum absolute atomic E-state index is 0. The van der Waals surface area contributed by atoms with E-state index < -0.39 is 21.0 Å². The second-order valence-corrected chi connectivity index (χ2v) is 4.93. The summed E-state index contributed by atoms with van der Waals surface area (Å²) in [7, 11) is -4.55. The number of ether oxygens (including phenoxy) is 2. The number of rotatable bonds is 7. The third kappa shape index (κ3) is 6.54. The van der Waals surface area contributed by atoms with E-state index in [4.69, 9.17) is 4.74 Å². The van der Waals surface area contributed by atoms with Gasteiger partial charge >= 0.3 is 35.5 Å². The topological polar surface area (TPSA) is 92.7 Å². The molecule has 0 bridgehead atoms. The molecule has 0 aromatic rings. The van der Waals surface area contributed by atoms with Gasteiger partial charge in [0.25, 0.3) is 0 Å². The summed E-state index contributed by atoms with van der Waals surface area (Å²) in [5, 5.41) is 0. The second kappa shape index (κ2) is 8.23. The standard InChI is InChI=1S/C9H16O6S.Na/c1-4-8(10)14-6-7-15-9(3,5-2)16(11,12)13;/h4H,1,5-7H2,2-3H3,(H,11,12,13);/q;+1/p-1. The van der Waals surface area contributed by atoms with Crippen LogP contribution >= 0.6 is 0 Å². The SMILES string of the molecule is C=CC(=O)OCCOC(C)(CC)S(=O)(=O)[O-].[Na+]. The molecular weight excluding hydrogens is 259 g/mol. The van der Waals surface area contributed by atoms with Gasteiger partial charge in [-0.25, -0.2) is 13.2 Å². The first-order valence-corrected chi connectivity index (χ1v) is 6.06. The van der Waals surface area contributed by atoms with Crippen LogP contribution < -0.4 is 29.6 Å². The van der Waals surface area contributed by atoms with Crippen LogP contribution in [0, 0.1) is 0 Å². The minimum atomic E-state index is -4.55. The average molecular weight is 274 g/mol. The van der Waals surface area contributed by atoms with Crippen LogP contribution in [0.3, 0.4) is 0 Å². The number of hydrogen-bond acceptors (Lipinski definition) is 6. The molecule has 0 spiro atoms. The summed E-state index contributed by atoms with van der Waals surface area (Å²) in [6.07, 6.45) is 0.998. The van der Waals surface area contributed by atoms with Gasteiger partial charge in [-0.15, -0.1) is 0 Å². The molecule has 0 saturated heterocycles. The molecule has 0 aliphatic carbocycles. The van der Waals surface area contributed by atoms with Crippen molar-refractivity contribution in [1.29, 1.82) is 0 Å². The van der Waals surface area contributed by atoms with Crippen LogP contribution in [0.2, 0.25) is 0 Å². The minimum Gasteiger partial charge on any atom is -0.746 e. The molecule has 1 atom stereocenters. The first-order valence-electron chi connectivity index (χ1n) is 4.65. The van der Waals surface area contributed by atoms with Gasteiger partial charge in [-0.1, -0.05) is 13.5 Å². The third-order valence-electron chi connectivity index (χ3n) is 2.07. The largest absolute Gasteiger partial charge is 1.00 e. The van der Waals surface area contributed by atoms with Gasteiger partial charge in [0.1, 0.15) is 16.7 Å². The van der Waals surface area contributed by atoms with Crippen molar-refractivity contribution in [3.05, 3.63) is 12.7 Å². The maximum atomic E-state index is 10.9. The fourth-order valence-electron chi connectivity index (χ4n) is 0.810. The molecule has 0 aliphatic rings. The van der Waals surface area contributed by atoms with Crippen LogP contribution in [0.4, 0.5) is 0 Å². The van der Waals surface area contributed by atoms with Gasteiger partial charge in [0.05, 0.1) is 6.61 Å². The summed E-state index contributed by atoms with van der Waals surface area (Å²) in [6.45, 7) is 5.60. The molecule has 0 radical (unpaired) electrons. The first kappa shape index (κ1) is 19.4. The Labute approximate surface area is 123 Å². The van der Waals surface area contributed by atoms with E-state index in [1.54, 1.807) is 0 Å². The van der Waals surface area contributed by atoms with Crippen molar-refractivity contribution in [2.45, 2.75) is 25.2 Å². The van der Waals surface area contributed by atoms with Crippen molar-refractivity contribution < 1.29 is 56.8 Å². The van der Waals surface area contributed by atoms with E-state index in [0.717, 1.165) is 6.08 Å². The van der Waals surface area contributed by atoms with Gasteiger partial charge in [0, 0.05) is 6.08 Å². The quantitative estimate of drug-likeness (QED) is 0.166. The van der Waals surface area contributed by atoms with E-state index in [1.165, 1.54) is 13.8 Å². The third-order valence-corrected chi connectivity index (χ3v) is 3.54. The van der Waals surface area contributed by atoms with Gasteiger partial charge in [0.2, 0.25) is 0 Å². The van der Waals surface area contributed by atoms with Crippen LogP contribution in [-0.2, 0) is 24.4 Å². The molecule has 0 amide bonds. The fourth-order valence-corrected chi connectivity index (χ4v) is 1.39. The summed E-state index contributed by atoms with van der Waals surface area (Å²) >= 11 is 0. The molecular formula is C9H15NaO6S. The molecule has 0 aliphatic heterocycles. The van der Waals surface area contributed by atoms with E-state index in [0.29, 0.717) is 0 Å². The Kier molecular flexibility index (Phi) is 9.40. The van der Waals surface area contributed by atoms with E-state index in [1.807, 2.05) is 0 Å². The molecule has 0 aromatic carbocycles. The first-order chi connectivity index (χ1) is 7.27. The Balaban J connectivity index is 0. The van der Waals surface area contributed by atoms with Gasteiger partial charge in [-0.2, -0.15) is 0 Å². The Morgan fingerprint density at radius 2 is 2.00 bits per heavy atom. The van der Waals surface area contributed by atoms with Crippen molar-refractivity contribution in [3.63, 3.8) is 0 Å². The summed E-state index contributed by atoms with van der Waals surface area (Å²) in [5.74, 6) is -0.633. The summed E-state index contributed by atoms with van der Waals surface area (Å²) in [5.41, 5.74) is 0. The molecule has 0 rings (SSSR count). The van der Waals surface area contributed by atoms with Gasteiger partial charge in [-0.3, -0.25) is 0 Å². The van der Waals surface area contributed by atoms with Crippen molar-refractivity contribution in [2.24, 2.45) is 0 Å². The zero-order chi connectivity index (χ0) is 12.8. The van der Waals surface area contributed by atoms with Crippen molar-refractivity contribution in [2.75, 3.05) is 13.2 Å². The molecule has 0 heterocycles. The van der Waals surface area contributed by atoms with Crippen LogP contribution in [0.5, 0.6) is 0 Å². The van der Waals surface area contributed by atoms with Crippen molar-refractivity contribution in [3.8, 4) is 0 Å². The van der Waals surface area contributed by atoms with Crippen LogP contribution in [0.25, 0.3) is 0 Å². The monoisotopic (exact) mass is 274 g/mol. The van der Waals surface area contributed by atoms with Gasteiger partial charge in [-0.05, 0) is 13.3 Å². The molecule has 0 aromatic heterocycles. The maximum Gasteiger partial charge on any atom is 1.00 e. The molecule has 8 heteroatoms. The molecule has 0 N–H and O–H groups in total. The smallest absolute Gasteiger partial charge is 0.746 e. The average Bonchev–Trinajstić information content (AvgIpc) is 2.21. The number of carbonyl (C=O) groups is 1. The van der Waals surface area contributed by atoms with Crippen molar-refractivity contribution >= 4 is 16.1 Å². The molecule has 17 heavy (non-hydrogen) atoms. The number of esters is 1. The second-order valence-electron chi connectivity index (χ2n) is 3.16. The van der Waals surface area contributed by atoms with E-state index >= 15 is 0 Å². The molecule has 6 nitrogen and oxygen atoms in total. The predicted octanol–water partition coefficient (Wildman–Crippen LogP) is -2.59. The predicted molar refractivity (Wildman–Crippen MR) is 55.5 cm³/mol. The zero-order valence-corrected chi connectivity index (χ0v) is 13.1. The van der Waals surface area contributed by atoms with E-state index in [-0.39, 0.29) is 49.2 Å². The van der Waals surface area contributed by atoms with Crippen LogP contribution in [-0.4, -0.2) is 37.1 Å². The van der Waals surface area contributed by atoms with E-state index in [2.05, 4.69) is 11.3 Å². The molecule has 1 unspecified atom stereocenters. The molecule has 0 saturated carbocycles. The van der Waals surface area contributed by atoms with Gasteiger partial charge < -0.3 is 14.0 Å². The molecule has 94 valence electrons. The Morgan fingerprint density at radius 1 is 1.47 bits per heavy atom. The van der Waals surface area contributed by atoms with Crippen LogP contribution in [0.1, 0.15) is 20.3 Å². The zero-order valence-electron chi connectivity index (χ0n) is 10.3. The summed E-state index contributed by atoms with van der Waals surface area (Å²) < 4.78 is 42.1. The van der Waals surface area contributed by atoms with Crippen LogP contribution in [0.15, 0.2) is 12.7 Å². The summed E-state index contributed by atoms with van der Waals surface area (Å²) in [4.78, 5) is 8.84. The van der Waals surface area contributed by atoms with Gasteiger partial charge in [0.15, 0.2) is 4.93 Å². The maximum absolute atomic E-state index is 10.9.